The summed E-state index contributed by atoms with van der Waals surface area (Å²) in [5, 5.41) is 0.493. The minimum Gasteiger partial charge on any atom is -0.381 e. The summed E-state index contributed by atoms with van der Waals surface area (Å²) in [5.74, 6) is 0.224. The molecular weight excluding hydrogens is 344 g/mol. The van der Waals surface area contributed by atoms with Crippen molar-refractivity contribution in [3.05, 3.63) is 23.3 Å². The first-order valence-electron chi connectivity index (χ1n) is 4.35. The summed E-state index contributed by atoms with van der Waals surface area (Å²) in [6, 6.07) is 0. The number of carbonyl (C=O) groups excluding carboxylic acids is 1. The molecule has 1 aliphatic rings. The highest BCUT2D eigenvalue weighted by molar-refractivity contribution is 14.2. The number of methoxy groups -OCH3 is 1. The molecule has 0 unspecified atom stereocenters. The summed E-state index contributed by atoms with van der Waals surface area (Å²) in [7, 11) is 1.56. The summed E-state index contributed by atoms with van der Waals surface area (Å²) in [5.41, 5.74) is 5.12. The molecule has 1 heterocycles. The molecule has 0 aromatic carbocycles. The van der Waals surface area contributed by atoms with Crippen LogP contribution in [0.25, 0.3) is 0 Å². The number of carbonyl (C=O) groups is 1. The SMILES string of the molecule is COC/C=C/C(=O)NNC1=NI=CC=C1Cl. The molecule has 0 fully saturated rings. The van der Waals surface area contributed by atoms with Crippen LogP contribution in [0, 0.1) is 0 Å². The number of rotatable bonds is 3. The smallest absolute Gasteiger partial charge is 0.262 e. The Bertz CT molecular complexity index is 377. The Kier molecular flexibility index (Phi) is 6.27. The maximum Gasteiger partial charge on any atom is 0.262 e. The molecule has 7 heteroatoms. The van der Waals surface area contributed by atoms with Crippen LogP contribution in [0.2, 0.25) is 0 Å². The van der Waals surface area contributed by atoms with Gasteiger partial charge in [0, 0.05) is 34.2 Å². The fourth-order valence-corrected chi connectivity index (χ4v) is 2.62. The van der Waals surface area contributed by atoms with Crippen molar-refractivity contribution in [2.24, 2.45) is 3.21 Å². The van der Waals surface area contributed by atoms with Crippen LogP contribution in [-0.4, -0.2) is 29.5 Å². The van der Waals surface area contributed by atoms with E-state index in [0.29, 0.717) is 17.5 Å². The number of nitrogens with zero attached hydrogens (tertiary/aromatic N) is 1. The van der Waals surface area contributed by atoms with Crippen LogP contribution in [0.4, 0.5) is 0 Å². The second-order valence-corrected chi connectivity index (χ2v) is 4.81. The molecule has 0 saturated heterocycles. The highest BCUT2D eigenvalue weighted by Crippen LogP contribution is 2.12. The number of amides is 1. The van der Waals surface area contributed by atoms with Crippen LogP contribution in [0.15, 0.2) is 26.5 Å². The zero-order valence-corrected chi connectivity index (χ0v) is 11.4. The number of allylic oxidation sites excluding steroid dienone is 1. The minimum absolute atomic E-state index is 0.281. The van der Waals surface area contributed by atoms with Crippen LogP contribution in [0.3, 0.4) is 0 Å². The standard InChI is InChI=1S/C9H11ClIN3O2/c1-16-6-2-3-8(15)13-14-9-7(10)4-5-11-12-9/h2-5H,6H2,1H3,(H,12,14)(H,13,15)/b3-2+. The monoisotopic (exact) mass is 355 g/mol. The van der Waals surface area contributed by atoms with E-state index < -0.39 is 0 Å². The van der Waals surface area contributed by atoms with Crippen molar-refractivity contribution < 1.29 is 9.53 Å². The van der Waals surface area contributed by atoms with E-state index >= 15 is 0 Å². The van der Waals surface area contributed by atoms with Gasteiger partial charge >= 0.3 is 0 Å². The number of amidine groups is 1. The van der Waals surface area contributed by atoms with Gasteiger partial charge in [0.15, 0.2) is 5.84 Å². The Morgan fingerprint density at radius 3 is 3.25 bits per heavy atom. The van der Waals surface area contributed by atoms with Gasteiger partial charge in [-0.05, 0) is 10.1 Å². The van der Waals surface area contributed by atoms with Gasteiger partial charge in [-0.3, -0.25) is 15.6 Å². The number of nitrogens with one attached hydrogen (secondary N) is 2. The number of halogens is 2. The Labute approximate surface area is 109 Å². The van der Waals surface area contributed by atoms with Crippen molar-refractivity contribution in [2.75, 3.05) is 13.7 Å². The van der Waals surface area contributed by atoms with E-state index in [9.17, 15) is 4.79 Å². The topological polar surface area (TPSA) is 62.7 Å². The maximum atomic E-state index is 11.2. The lowest BCUT2D eigenvalue weighted by atomic mass is 10.5. The van der Waals surface area contributed by atoms with Crippen LogP contribution in [0.5, 0.6) is 0 Å². The summed E-state index contributed by atoms with van der Waals surface area (Å²) in [4.78, 5) is 11.2. The van der Waals surface area contributed by atoms with Gasteiger partial charge in [0.2, 0.25) is 0 Å². The molecule has 0 saturated carbocycles. The number of ether oxygens (including phenoxy) is 1. The first kappa shape index (κ1) is 13.3. The van der Waals surface area contributed by atoms with Crippen molar-refractivity contribution in [3.63, 3.8) is 0 Å². The van der Waals surface area contributed by atoms with E-state index in [2.05, 4.69) is 14.1 Å². The first-order valence-corrected chi connectivity index (χ1v) is 6.94. The van der Waals surface area contributed by atoms with Crippen LogP contribution >= 0.6 is 32.6 Å². The highest BCUT2D eigenvalue weighted by Gasteiger charge is 2.05. The molecule has 0 aromatic heterocycles. The van der Waals surface area contributed by atoms with Gasteiger partial charge in [-0.2, -0.15) is 0 Å². The molecule has 0 aromatic rings. The van der Waals surface area contributed by atoms with Crippen molar-refractivity contribution in [2.45, 2.75) is 0 Å². The molecule has 88 valence electrons. The van der Waals surface area contributed by atoms with Crippen LogP contribution in [0.1, 0.15) is 0 Å². The van der Waals surface area contributed by atoms with Crippen molar-refractivity contribution in [1.29, 1.82) is 0 Å². The maximum absolute atomic E-state index is 11.2. The molecule has 16 heavy (non-hydrogen) atoms. The predicted octanol–water partition coefficient (Wildman–Crippen LogP) is 1.03. The second-order valence-electron chi connectivity index (χ2n) is 2.64. The second kappa shape index (κ2) is 7.53. The van der Waals surface area contributed by atoms with Crippen molar-refractivity contribution in [3.8, 4) is 0 Å². The third-order valence-electron chi connectivity index (χ3n) is 1.46. The quantitative estimate of drug-likeness (QED) is 0.452. The average molecular weight is 356 g/mol. The Hall–Kier alpha value is -0.730. The molecule has 2 N–H and O–H groups in total. The van der Waals surface area contributed by atoms with Gasteiger partial charge in [0.1, 0.15) is 0 Å². The average Bonchev–Trinajstić information content (AvgIpc) is 2.28. The van der Waals surface area contributed by atoms with Gasteiger partial charge in [0.05, 0.1) is 11.6 Å². The van der Waals surface area contributed by atoms with Crippen LogP contribution < -0.4 is 10.9 Å². The third kappa shape index (κ3) is 4.86. The number of hydrogen-bond acceptors (Lipinski definition) is 4. The highest BCUT2D eigenvalue weighted by atomic mass is 127. The van der Waals surface area contributed by atoms with Gasteiger partial charge in [-0.25, -0.2) is 3.21 Å². The van der Waals surface area contributed by atoms with Crippen molar-refractivity contribution >= 4 is 48.4 Å². The molecule has 5 nitrogen and oxygen atoms in total. The van der Waals surface area contributed by atoms with Gasteiger partial charge in [-0.15, -0.1) is 0 Å². The molecular formula is C9H11ClIN3O2. The van der Waals surface area contributed by atoms with E-state index in [1.807, 2.05) is 4.01 Å². The fraction of sp³-hybridized carbons (Fsp3) is 0.222. The van der Waals surface area contributed by atoms with E-state index in [-0.39, 0.29) is 26.9 Å². The molecule has 0 aliphatic carbocycles. The third-order valence-corrected chi connectivity index (χ3v) is 3.21. The summed E-state index contributed by atoms with van der Waals surface area (Å²) < 4.78 is 10.9. The van der Waals surface area contributed by atoms with Gasteiger partial charge < -0.3 is 4.74 Å². The molecule has 0 bridgehead atoms. The number of hydrazine groups is 1. The molecule has 0 radical (unpaired) electrons. The van der Waals surface area contributed by atoms with E-state index in [1.54, 1.807) is 19.3 Å². The fourth-order valence-electron chi connectivity index (χ4n) is 0.774. The zero-order valence-electron chi connectivity index (χ0n) is 8.54. The molecule has 0 atom stereocenters. The first-order chi connectivity index (χ1) is 7.74. The predicted molar refractivity (Wildman–Crippen MR) is 73.7 cm³/mol. The number of hydrogen-bond donors (Lipinski definition) is 2. The Morgan fingerprint density at radius 1 is 1.75 bits per heavy atom. The molecule has 0 spiro atoms. The summed E-state index contributed by atoms with van der Waals surface area (Å²) in [6.45, 7) is 0.398. The van der Waals surface area contributed by atoms with Gasteiger partial charge in [-0.1, -0.05) is 17.7 Å². The lowest BCUT2D eigenvalue weighted by molar-refractivity contribution is -0.117. The summed E-state index contributed by atoms with van der Waals surface area (Å²) >= 11 is 5.51. The van der Waals surface area contributed by atoms with E-state index in [4.69, 9.17) is 16.3 Å². The molecule has 1 aliphatic heterocycles. The normalized spacial score (nSPS) is 15.1. The van der Waals surface area contributed by atoms with Crippen molar-refractivity contribution in [1.82, 2.24) is 10.9 Å². The Balaban J connectivity index is 2.35. The zero-order chi connectivity index (χ0) is 11.8. The van der Waals surface area contributed by atoms with E-state index in [0.717, 1.165) is 0 Å². The summed E-state index contributed by atoms with van der Waals surface area (Å²) in [6.07, 6.45) is 4.76. The van der Waals surface area contributed by atoms with E-state index in [1.165, 1.54) is 6.08 Å². The minimum atomic E-state index is -0.349. The largest absolute Gasteiger partial charge is 0.381 e. The molecule has 1 rings (SSSR count). The van der Waals surface area contributed by atoms with Gasteiger partial charge in [0.25, 0.3) is 5.91 Å². The lowest BCUT2D eigenvalue weighted by Gasteiger charge is -2.09. The van der Waals surface area contributed by atoms with Crippen LogP contribution in [-0.2, 0) is 9.53 Å². The Morgan fingerprint density at radius 2 is 2.56 bits per heavy atom. The lowest BCUT2D eigenvalue weighted by Crippen LogP contribution is -2.41. The molecule has 1 amide bonds.